The Morgan fingerprint density at radius 3 is 2.72 bits per heavy atom. The maximum absolute atomic E-state index is 6.37. The van der Waals surface area contributed by atoms with Gasteiger partial charge in [0.2, 0.25) is 0 Å². The highest BCUT2D eigenvalue weighted by Crippen LogP contribution is 2.36. The first-order chi connectivity index (χ1) is 8.40. The van der Waals surface area contributed by atoms with E-state index in [4.69, 9.17) is 10.5 Å². The van der Waals surface area contributed by atoms with Crippen molar-refractivity contribution in [3.63, 3.8) is 0 Å². The van der Waals surface area contributed by atoms with Crippen LogP contribution in [0.15, 0.2) is 18.2 Å². The molecule has 1 aromatic carbocycles. The highest BCUT2D eigenvalue weighted by Gasteiger charge is 2.37. The Hall–Kier alpha value is -1.02. The average molecular weight is 247 g/mol. The molecule has 0 spiro atoms. The molecule has 0 saturated heterocycles. The van der Waals surface area contributed by atoms with Gasteiger partial charge in [0.05, 0.1) is 0 Å². The van der Waals surface area contributed by atoms with Gasteiger partial charge in [-0.05, 0) is 55.7 Å². The van der Waals surface area contributed by atoms with Crippen molar-refractivity contribution in [2.45, 2.75) is 59.1 Å². The molecule has 2 nitrogen and oxygen atoms in total. The lowest BCUT2D eigenvalue weighted by Crippen LogP contribution is -2.52. The molecule has 2 atom stereocenters. The highest BCUT2D eigenvalue weighted by atomic mass is 16.5. The summed E-state index contributed by atoms with van der Waals surface area (Å²) in [6.45, 7) is 8.68. The Labute approximate surface area is 111 Å². The summed E-state index contributed by atoms with van der Waals surface area (Å²) >= 11 is 0. The second-order valence-electron chi connectivity index (χ2n) is 6.33. The number of ether oxygens (including phenoxy) is 1. The molecule has 0 aromatic heterocycles. The predicted octanol–water partition coefficient (Wildman–Crippen LogP) is 3.59. The minimum absolute atomic E-state index is 0.117. The van der Waals surface area contributed by atoms with E-state index in [-0.39, 0.29) is 17.6 Å². The zero-order valence-electron chi connectivity index (χ0n) is 12.0. The van der Waals surface area contributed by atoms with Crippen molar-refractivity contribution in [1.82, 2.24) is 0 Å². The van der Waals surface area contributed by atoms with Crippen LogP contribution >= 0.6 is 0 Å². The van der Waals surface area contributed by atoms with Gasteiger partial charge in [-0.15, -0.1) is 0 Å². The Kier molecular flexibility index (Phi) is 3.67. The molecule has 100 valence electrons. The quantitative estimate of drug-likeness (QED) is 0.867. The third kappa shape index (κ3) is 2.69. The molecule has 2 unspecified atom stereocenters. The minimum atomic E-state index is 0.117. The smallest absolute Gasteiger partial charge is 0.122 e. The van der Waals surface area contributed by atoms with E-state index in [2.05, 4.69) is 45.9 Å². The topological polar surface area (TPSA) is 35.2 Å². The summed E-state index contributed by atoms with van der Waals surface area (Å²) in [5.41, 5.74) is 8.98. The van der Waals surface area contributed by atoms with Gasteiger partial charge in [0.25, 0.3) is 0 Å². The molecule has 2 rings (SSSR count). The van der Waals surface area contributed by atoms with Gasteiger partial charge < -0.3 is 10.5 Å². The molecule has 0 radical (unpaired) electrons. The lowest BCUT2D eigenvalue weighted by molar-refractivity contribution is 0.0562. The molecule has 2 heteroatoms. The van der Waals surface area contributed by atoms with Gasteiger partial charge in [-0.2, -0.15) is 0 Å². The van der Waals surface area contributed by atoms with Gasteiger partial charge in [0.1, 0.15) is 11.9 Å². The molecule has 0 bridgehead atoms. The Morgan fingerprint density at radius 1 is 1.28 bits per heavy atom. The number of rotatable bonds is 2. The first kappa shape index (κ1) is 13.4. The molecule has 0 heterocycles. The molecule has 2 N–H and O–H groups in total. The van der Waals surface area contributed by atoms with Crippen molar-refractivity contribution in [2.75, 3.05) is 0 Å². The van der Waals surface area contributed by atoms with Crippen molar-refractivity contribution in [3.8, 4) is 5.75 Å². The molecule has 1 aliphatic carbocycles. The molecular formula is C16H25NO. The third-order valence-electron chi connectivity index (χ3n) is 4.23. The first-order valence-corrected chi connectivity index (χ1v) is 6.90. The molecule has 0 amide bonds. The van der Waals surface area contributed by atoms with Crippen molar-refractivity contribution in [1.29, 1.82) is 0 Å². The van der Waals surface area contributed by atoms with Gasteiger partial charge in [0, 0.05) is 6.04 Å². The number of hydrogen-bond donors (Lipinski definition) is 1. The molecule has 1 fully saturated rings. The largest absolute Gasteiger partial charge is 0.489 e. The van der Waals surface area contributed by atoms with Crippen LogP contribution in [0, 0.1) is 19.3 Å². The lowest BCUT2D eigenvalue weighted by Gasteiger charge is -2.41. The van der Waals surface area contributed by atoms with E-state index < -0.39 is 0 Å². The first-order valence-electron chi connectivity index (χ1n) is 6.90. The molecule has 0 aliphatic heterocycles. The zero-order chi connectivity index (χ0) is 13.3. The number of hydrogen-bond acceptors (Lipinski definition) is 2. The maximum atomic E-state index is 6.37. The van der Waals surface area contributed by atoms with E-state index in [1.165, 1.54) is 24.0 Å². The highest BCUT2D eigenvalue weighted by molar-refractivity contribution is 5.36. The fourth-order valence-corrected chi connectivity index (χ4v) is 2.74. The van der Waals surface area contributed by atoms with Crippen molar-refractivity contribution >= 4 is 0 Å². The van der Waals surface area contributed by atoms with Crippen LogP contribution in [0.3, 0.4) is 0 Å². The Morgan fingerprint density at radius 2 is 2.00 bits per heavy atom. The summed E-state index contributed by atoms with van der Waals surface area (Å²) in [5, 5.41) is 0. The lowest BCUT2D eigenvalue weighted by atomic mass is 9.72. The average Bonchev–Trinajstić information content (AvgIpc) is 2.30. The third-order valence-corrected chi connectivity index (χ3v) is 4.23. The standard InChI is InChI=1S/C16H25NO/c1-11-7-8-12(2)14(10-11)18-13-6-5-9-16(3,4)15(13)17/h7-8,10,13,15H,5-6,9,17H2,1-4H3. The Bertz CT molecular complexity index is 425. The van der Waals surface area contributed by atoms with Crippen LogP contribution in [0.2, 0.25) is 0 Å². The zero-order valence-corrected chi connectivity index (χ0v) is 12.0. The van der Waals surface area contributed by atoms with E-state index >= 15 is 0 Å². The monoisotopic (exact) mass is 247 g/mol. The van der Waals surface area contributed by atoms with E-state index in [0.29, 0.717) is 0 Å². The fraction of sp³-hybridized carbons (Fsp3) is 0.625. The molecule has 1 aliphatic rings. The van der Waals surface area contributed by atoms with Crippen molar-refractivity contribution in [3.05, 3.63) is 29.3 Å². The van der Waals surface area contributed by atoms with Gasteiger partial charge in [-0.3, -0.25) is 0 Å². The van der Waals surface area contributed by atoms with E-state index in [0.717, 1.165) is 12.2 Å². The second kappa shape index (κ2) is 4.93. The molecule has 18 heavy (non-hydrogen) atoms. The summed E-state index contributed by atoms with van der Waals surface area (Å²) in [7, 11) is 0. The van der Waals surface area contributed by atoms with Gasteiger partial charge in [0.15, 0.2) is 0 Å². The van der Waals surface area contributed by atoms with Gasteiger partial charge >= 0.3 is 0 Å². The molecular weight excluding hydrogens is 222 g/mol. The molecule has 1 aromatic rings. The molecule has 1 saturated carbocycles. The normalized spacial score (nSPS) is 26.9. The summed E-state index contributed by atoms with van der Waals surface area (Å²) in [4.78, 5) is 0. The van der Waals surface area contributed by atoms with Crippen LogP contribution in [0.5, 0.6) is 5.75 Å². The van der Waals surface area contributed by atoms with Gasteiger partial charge in [-0.25, -0.2) is 0 Å². The fourth-order valence-electron chi connectivity index (χ4n) is 2.74. The summed E-state index contributed by atoms with van der Waals surface area (Å²) in [6, 6.07) is 6.46. The number of benzene rings is 1. The number of nitrogens with two attached hydrogens (primary N) is 1. The Balaban J connectivity index is 2.15. The minimum Gasteiger partial charge on any atom is -0.489 e. The van der Waals surface area contributed by atoms with E-state index in [9.17, 15) is 0 Å². The van der Waals surface area contributed by atoms with Gasteiger partial charge in [-0.1, -0.05) is 26.0 Å². The van der Waals surface area contributed by atoms with Crippen LogP contribution in [0.4, 0.5) is 0 Å². The number of aryl methyl sites for hydroxylation is 2. The summed E-state index contributed by atoms with van der Waals surface area (Å²) in [5.74, 6) is 0.994. The maximum Gasteiger partial charge on any atom is 0.122 e. The summed E-state index contributed by atoms with van der Waals surface area (Å²) < 4.78 is 6.19. The van der Waals surface area contributed by atoms with Crippen LogP contribution in [0.1, 0.15) is 44.2 Å². The summed E-state index contributed by atoms with van der Waals surface area (Å²) in [6.07, 6.45) is 3.61. The predicted molar refractivity (Wildman–Crippen MR) is 75.9 cm³/mol. The van der Waals surface area contributed by atoms with Crippen molar-refractivity contribution < 1.29 is 4.74 Å². The van der Waals surface area contributed by atoms with Crippen molar-refractivity contribution in [2.24, 2.45) is 11.1 Å². The van der Waals surface area contributed by atoms with Crippen LogP contribution < -0.4 is 10.5 Å². The van der Waals surface area contributed by atoms with Crippen LogP contribution in [-0.2, 0) is 0 Å². The van der Waals surface area contributed by atoms with E-state index in [1.54, 1.807) is 0 Å². The van der Waals surface area contributed by atoms with Crippen LogP contribution in [-0.4, -0.2) is 12.1 Å². The van der Waals surface area contributed by atoms with Crippen LogP contribution in [0.25, 0.3) is 0 Å². The van der Waals surface area contributed by atoms with E-state index in [1.807, 2.05) is 0 Å². The SMILES string of the molecule is Cc1ccc(C)c(OC2CCCC(C)(C)C2N)c1. The second-order valence-corrected chi connectivity index (χ2v) is 6.33.